The van der Waals surface area contributed by atoms with Gasteiger partial charge in [-0.25, -0.2) is 4.85 Å². The largest absolute Gasteiger partial charge is 0.486 e. The smallest absolute Gasteiger partial charge is 0.333 e. The summed E-state index contributed by atoms with van der Waals surface area (Å²) in [6, 6.07) is 15.3. The van der Waals surface area contributed by atoms with Crippen LogP contribution in [0.1, 0.15) is 126 Å². The van der Waals surface area contributed by atoms with Gasteiger partial charge in [-0.15, -0.1) is 0 Å². The fourth-order valence-corrected chi connectivity index (χ4v) is 6.02. The van der Waals surface area contributed by atoms with E-state index >= 15 is 0 Å². The van der Waals surface area contributed by atoms with Crippen molar-refractivity contribution in [1.29, 1.82) is 0 Å². The number of hydrogen-bond acceptors (Lipinski definition) is 2. The number of carboxylic acid groups (broad SMARTS) is 1. The first-order chi connectivity index (χ1) is 20.6. The lowest BCUT2D eigenvalue weighted by molar-refractivity contribution is -0.132. The highest BCUT2D eigenvalue weighted by Gasteiger charge is 2.20. The second kappa shape index (κ2) is 19.7. The number of rotatable bonds is 20. The van der Waals surface area contributed by atoms with Crippen molar-refractivity contribution in [3.8, 4) is 0 Å². The lowest BCUT2D eigenvalue weighted by Gasteiger charge is -2.27. The molecule has 2 aromatic rings. The minimum atomic E-state index is -1.20. The zero-order valence-corrected chi connectivity index (χ0v) is 26.0. The maximum Gasteiger partial charge on any atom is 0.333 e. The van der Waals surface area contributed by atoms with Crippen LogP contribution in [0.5, 0.6) is 0 Å². The molecular formula is C38H52N2O2. The maximum absolute atomic E-state index is 11.1. The predicted molar refractivity (Wildman–Crippen MR) is 178 cm³/mol. The number of unbranched alkanes of at least 4 members (excludes halogenated alkanes) is 15. The maximum atomic E-state index is 11.1. The molecule has 0 atom stereocenters. The number of allylic oxidation sites excluding steroid dienone is 2. The zero-order chi connectivity index (χ0) is 29.8. The van der Waals surface area contributed by atoms with E-state index < -0.39 is 5.97 Å². The van der Waals surface area contributed by atoms with Gasteiger partial charge in [-0.05, 0) is 60.2 Å². The quantitative estimate of drug-likeness (QED) is 0.0748. The van der Waals surface area contributed by atoms with Crippen molar-refractivity contribution in [1.82, 2.24) is 0 Å². The SMILES string of the molecule is [C-]#[N+]/C(=C\C=C\c1ccc2c(c1)CCc1ccccc1N2CCCCCCCCCCCCCCCCCC)C(=O)O. The molecule has 1 heterocycles. The predicted octanol–water partition coefficient (Wildman–Crippen LogP) is 11.1. The molecule has 226 valence electrons. The summed E-state index contributed by atoms with van der Waals surface area (Å²) in [7, 11) is 0. The van der Waals surface area contributed by atoms with Crippen LogP contribution < -0.4 is 4.90 Å². The summed E-state index contributed by atoms with van der Waals surface area (Å²) in [6.07, 6.45) is 28.9. The Morgan fingerprint density at radius 1 is 0.786 bits per heavy atom. The number of aryl methyl sites for hydroxylation is 2. The van der Waals surface area contributed by atoms with Gasteiger partial charge in [0.2, 0.25) is 0 Å². The Morgan fingerprint density at radius 3 is 1.93 bits per heavy atom. The van der Waals surface area contributed by atoms with E-state index in [1.807, 2.05) is 6.08 Å². The van der Waals surface area contributed by atoms with Crippen molar-refractivity contribution in [3.05, 3.63) is 88.4 Å². The van der Waals surface area contributed by atoms with Gasteiger partial charge in [0.1, 0.15) is 0 Å². The Bertz CT molecular complexity index is 1190. The van der Waals surface area contributed by atoms with Gasteiger partial charge in [-0.2, -0.15) is 0 Å². The molecule has 4 heteroatoms. The molecule has 0 amide bonds. The molecule has 0 saturated carbocycles. The molecule has 0 aromatic heterocycles. The van der Waals surface area contributed by atoms with Crippen LogP contribution >= 0.6 is 0 Å². The topological polar surface area (TPSA) is 44.9 Å². The molecule has 1 N–H and O–H groups in total. The number of para-hydroxylation sites is 1. The van der Waals surface area contributed by atoms with Crippen LogP contribution in [0.15, 0.2) is 60.3 Å². The first-order valence-electron chi connectivity index (χ1n) is 16.6. The highest BCUT2D eigenvalue weighted by molar-refractivity contribution is 5.89. The van der Waals surface area contributed by atoms with Gasteiger partial charge >= 0.3 is 5.97 Å². The monoisotopic (exact) mass is 568 g/mol. The van der Waals surface area contributed by atoms with E-state index in [1.54, 1.807) is 6.08 Å². The van der Waals surface area contributed by atoms with Crippen LogP contribution in [0.25, 0.3) is 10.9 Å². The van der Waals surface area contributed by atoms with Crippen LogP contribution in [0.3, 0.4) is 0 Å². The Labute approximate surface area is 255 Å². The normalized spacial score (nSPS) is 13.0. The van der Waals surface area contributed by atoms with Crippen molar-refractivity contribution < 1.29 is 9.90 Å². The van der Waals surface area contributed by atoms with Gasteiger partial charge in [0.25, 0.3) is 5.70 Å². The van der Waals surface area contributed by atoms with E-state index in [1.165, 1.54) is 131 Å². The Hall–Kier alpha value is -3.32. The molecule has 4 nitrogen and oxygen atoms in total. The Balaban J connectivity index is 1.42. The second-order valence-corrected chi connectivity index (χ2v) is 11.8. The highest BCUT2D eigenvalue weighted by atomic mass is 16.4. The summed E-state index contributed by atoms with van der Waals surface area (Å²) in [6.45, 7) is 10.3. The van der Waals surface area contributed by atoms with E-state index in [-0.39, 0.29) is 5.70 Å². The van der Waals surface area contributed by atoms with E-state index in [0.29, 0.717) is 0 Å². The third-order valence-corrected chi connectivity index (χ3v) is 8.46. The van der Waals surface area contributed by atoms with Crippen molar-refractivity contribution >= 4 is 23.4 Å². The molecule has 1 aliphatic heterocycles. The van der Waals surface area contributed by atoms with Crippen LogP contribution in [0.2, 0.25) is 0 Å². The summed E-state index contributed by atoms with van der Waals surface area (Å²) < 4.78 is 0. The summed E-state index contributed by atoms with van der Waals surface area (Å²) in [5, 5.41) is 9.06. The van der Waals surface area contributed by atoms with Crippen molar-refractivity contribution in [2.24, 2.45) is 0 Å². The Kier molecular flexibility index (Phi) is 15.6. The fourth-order valence-electron chi connectivity index (χ4n) is 6.02. The average molecular weight is 569 g/mol. The molecule has 3 rings (SSSR count). The molecule has 0 bridgehead atoms. The number of nitrogens with zero attached hydrogens (tertiary/aromatic N) is 2. The fraction of sp³-hybridized carbons (Fsp3) is 0.526. The molecule has 0 unspecified atom stereocenters. The van der Waals surface area contributed by atoms with Crippen LogP contribution in [0.4, 0.5) is 11.4 Å². The molecular weight excluding hydrogens is 516 g/mol. The average Bonchev–Trinajstić information content (AvgIpc) is 3.15. The van der Waals surface area contributed by atoms with E-state index in [2.05, 4.69) is 59.1 Å². The number of benzene rings is 2. The highest BCUT2D eigenvalue weighted by Crippen LogP contribution is 2.37. The minimum absolute atomic E-state index is 0.276. The third kappa shape index (κ3) is 11.5. The summed E-state index contributed by atoms with van der Waals surface area (Å²) >= 11 is 0. The minimum Gasteiger partial charge on any atom is -0.486 e. The van der Waals surface area contributed by atoms with E-state index in [0.717, 1.165) is 24.9 Å². The first-order valence-corrected chi connectivity index (χ1v) is 16.6. The standard InChI is InChI=1S/C38H52N2O2/c1-3-4-5-6-7-8-9-10-11-12-13-14-15-16-17-20-30-40-36-25-19-18-23-33(36)27-28-34-31-32(26-29-37(34)40)22-21-24-35(39-2)38(41)42/h18-19,21-26,29,31H,3-17,20,27-28,30H2,1H3,(H,41,42)/b22-21+,35-24-. The molecule has 0 fully saturated rings. The molecule has 0 saturated heterocycles. The van der Waals surface area contributed by atoms with E-state index in [4.69, 9.17) is 11.7 Å². The molecule has 2 aromatic carbocycles. The number of carboxylic acids is 1. The van der Waals surface area contributed by atoms with Gasteiger partial charge in [0, 0.05) is 17.9 Å². The third-order valence-electron chi connectivity index (χ3n) is 8.46. The summed E-state index contributed by atoms with van der Waals surface area (Å²) in [4.78, 5) is 16.7. The van der Waals surface area contributed by atoms with Crippen LogP contribution in [-0.2, 0) is 17.6 Å². The van der Waals surface area contributed by atoms with Crippen molar-refractivity contribution in [2.75, 3.05) is 11.4 Å². The first kappa shape index (κ1) is 33.2. The van der Waals surface area contributed by atoms with Gasteiger partial charge in [-0.1, -0.05) is 140 Å². The number of hydrogen-bond donors (Lipinski definition) is 1. The van der Waals surface area contributed by atoms with Crippen LogP contribution in [0, 0.1) is 6.57 Å². The lowest BCUT2D eigenvalue weighted by atomic mass is 10.0. The van der Waals surface area contributed by atoms with Crippen molar-refractivity contribution in [3.63, 3.8) is 0 Å². The molecule has 42 heavy (non-hydrogen) atoms. The zero-order valence-electron chi connectivity index (χ0n) is 26.0. The van der Waals surface area contributed by atoms with Crippen LogP contribution in [-0.4, -0.2) is 17.6 Å². The van der Waals surface area contributed by atoms with Crippen molar-refractivity contribution in [2.45, 2.75) is 122 Å². The van der Waals surface area contributed by atoms with Gasteiger partial charge in [0.15, 0.2) is 0 Å². The number of fused-ring (bicyclic) bond motifs is 2. The van der Waals surface area contributed by atoms with Gasteiger partial charge in [0.05, 0.1) is 6.57 Å². The molecule has 0 aliphatic carbocycles. The molecule has 1 aliphatic rings. The lowest BCUT2D eigenvalue weighted by Crippen LogP contribution is -2.19. The van der Waals surface area contributed by atoms with Gasteiger partial charge in [-0.3, -0.25) is 4.79 Å². The van der Waals surface area contributed by atoms with Gasteiger partial charge < -0.3 is 10.0 Å². The molecule has 0 radical (unpaired) electrons. The van der Waals surface area contributed by atoms with E-state index in [9.17, 15) is 4.79 Å². The molecule has 0 spiro atoms. The second-order valence-electron chi connectivity index (χ2n) is 11.8. The Morgan fingerprint density at radius 2 is 1.33 bits per heavy atom. The number of carbonyl (C=O) groups is 1. The summed E-state index contributed by atoms with van der Waals surface area (Å²) in [5.74, 6) is -1.20. The summed E-state index contributed by atoms with van der Waals surface area (Å²) in [5.41, 5.74) is 6.06. The number of anilines is 2. The number of aliphatic carboxylic acids is 1.